The maximum absolute atomic E-state index is 13.1. The predicted octanol–water partition coefficient (Wildman–Crippen LogP) is 5.06. The third-order valence-electron chi connectivity index (χ3n) is 6.59. The van der Waals surface area contributed by atoms with Crippen molar-refractivity contribution in [3.05, 3.63) is 95.3 Å². The molecule has 1 fully saturated rings. The second-order valence-corrected chi connectivity index (χ2v) is 9.08. The van der Waals surface area contributed by atoms with E-state index in [9.17, 15) is 9.18 Å². The summed E-state index contributed by atoms with van der Waals surface area (Å²) < 4.78 is 15.4. The summed E-state index contributed by atoms with van der Waals surface area (Å²) in [5.74, 6) is 0.743. The fourth-order valence-corrected chi connectivity index (χ4v) is 4.73. The van der Waals surface area contributed by atoms with Gasteiger partial charge in [-0.1, -0.05) is 54.1 Å². The molecular formula is C28H29FN4O. The number of halogens is 1. The van der Waals surface area contributed by atoms with Crippen molar-refractivity contribution in [2.45, 2.75) is 32.9 Å². The zero-order chi connectivity index (χ0) is 23.5. The smallest absolute Gasteiger partial charge is 0.223 e. The van der Waals surface area contributed by atoms with Crippen molar-refractivity contribution in [3.63, 3.8) is 0 Å². The Morgan fingerprint density at radius 3 is 2.53 bits per heavy atom. The first-order chi connectivity index (χ1) is 16.6. The summed E-state index contributed by atoms with van der Waals surface area (Å²) in [4.78, 5) is 20.0. The van der Waals surface area contributed by atoms with Gasteiger partial charge in [0, 0.05) is 25.6 Å². The standard InChI is InChI=1S/C28H29FN4O/c1-20-5-4-6-22(17-20)19-33-26-8-3-2-7-25(26)31-28(33)32-15-13-23(14-16-32)27(34)30-18-21-9-11-24(29)12-10-21/h2-12,17,23H,13-16,18-19H2,1H3,(H,30,34). The molecule has 2 heterocycles. The van der Waals surface area contributed by atoms with Crippen molar-refractivity contribution in [3.8, 4) is 0 Å². The van der Waals surface area contributed by atoms with Gasteiger partial charge in [-0.15, -0.1) is 0 Å². The first-order valence-electron chi connectivity index (χ1n) is 11.8. The molecule has 5 rings (SSSR count). The number of benzene rings is 3. The average molecular weight is 457 g/mol. The summed E-state index contributed by atoms with van der Waals surface area (Å²) in [6.45, 7) is 4.86. The quantitative estimate of drug-likeness (QED) is 0.441. The molecule has 6 heteroatoms. The monoisotopic (exact) mass is 456 g/mol. The Kier molecular flexibility index (Phi) is 6.30. The Morgan fingerprint density at radius 2 is 1.76 bits per heavy atom. The van der Waals surface area contributed by atoms with Crippen molar-refractivity contribution in [1.29, 1.82) is 0 Å². The predicted molar refractivity (Wildman–Crippen MR) is 133 cm³/mol. The van der Waals surface area contributed by atoms with Crippen LogP contribution in [0.3, 0.4) is 0 Å². The third kappa shape index (κ3) is 4.81. The number of para-hydroxylation sites is 2. The molecule has 1 aliphatic rings. The second kappa shape index (κ2) is 9.67. The topological polar surface area (TPSA) is 50.2 Å². The van der Waals surface area contributed by atoms with Gasteiger partial charge < -0.3 is 14.8 Å². The number of hydrogen-bond donors (Lipinski definition) is 1. The van der Waals surface area contributed by atoms with Gasteiger partial charge >= 0.3 is 0 Å². The van der Waals surface area contributed by atoms with Crippen molar-refractivity contribution < 1.29 is 9.18 Å². The lowest BCUT2D eigenvalue weighted by Crippen LogP contribution is -2.41. The van der Waals surface area contributed by atoms with Crippen molar-refractivity contribution in [1.82, 2.24) is 14.9 Å². The number of carbonyl (C=O) groups excluding carboxylic acids is 1. The van der Waals surface area contributed by atoms with Gasteiger partial charge in [0.25, 0.3) is 0 Å². The fraction of sp³-hybridized carbons (Fsp3) is 0.286. The molecular weight excluding hydrogens is 427 g/mol. The van der Waals surface area contributed by atoms with Crippen LogP contribution >= 0.6 is 0 Å². The number of nitrogens with zero attached hydrogens (tertiary/aromatic N) is 3. The van der Waals surface area contributed by atoms with Crippen LogP contribution < -0.4 is 10.2 Å². The lowest BCUT2D eigenvalue weighted by Gasteiger charge is -2.32. The van der Waals surface area contributed by atoms with Crippen molar-refractivity contribution in [2.75, 3.05) is 18.0 Å². The molecule has 1 saturated heterocycles. The molecule has 34 heavy (non-hydrogen) atoms. The molecule has 3 aromatic carbocycles. The summed E-state index contributed by atoms with van der Waals surface area (Å²) >= 11 is 0. The molecule has 1 amide bonds. The van der Waals surface area contributed by atoms with E-state index in [2.05, 4.69) is 64.2 Å². The van der Waals surface area contributed by atoms with E-state index in [1.807, 2.05) is 6.07 Å². The number of carbonyl (C=O) groups is 1. The van der Waals surface area contributed by atoms with E-state index in [0.29, 0.717) is 6.54 Å². The number of hydrogen-bond acceptors (Lipinski definition) is 3. The highest BCUT2D eigenvalue weighted by Gasteiger charge is 2.27. The molecule has 0 spiro atoms. The minimum absolute atomic E-state index is 0.0219. The molecule has 0 saturated carbocycles. The number of aromatic nitrogens is 2. The summed E-state index contributed by atoms with van der Waals surface area (Å²) in [7, 11) is 0. The highest BCUT2D eigenvalue weighted by Crippen LogP contribution is 2.28. The van der Waals surface area contributed by atoms with E-state index in [-0.39, 0.29) is 17.6 Å². The molecule has 1 N–H and O–H groups in total. The lowest BCUT2D eigenvalue weighted by molar-refractivity contribution is -0.125. The van der Waals surface area contributed by atoms with Gasteiger partial charge in [-0.3, -0.25) is 4.79 Å². The molecule has 1 aromatic heterocycles. The molecule has 0 unspecified atom stereocenters. The molecule has 4 aromatic rings. The van der Waals surface area contributed by atoms with E-state index in [1.54, 1.807) is 12.1 Å². The van der Waals surface area contributed by atoms with Gasteiger partial charge in [0.15, 0.2) is 0 Å². The number of amides is 1. The average Bonchev–Trinajstić information content (AvgIpc) is 3.22. The SMILES string of the molecule is Cc1cccc(Cn2c(N3CCC(C(=O)NCc4ccc(F)cc4)CC3)nc3ccccc32)c1. The van der Waals surface area contributed by atoms with Crippen LogP contribution in [0, 0.1) is 18.7 Å². The van der Waals surface area contributed by atoms with E-state index >= 15 is 0 Å². The number of aryl methyl sites for hydroxylation is 1. The summed E-state index contributed by atoms with van der Waals surface area (Å²) in [6.07, 6.45) is 1.56. The number of nitrogens with one attached hydrogen (secondary N) is 1. The van der Waals surface area contributed by atoms with Gasteiger partial charge in [-0.05, 0) is 55.2 Å². The van der Waals surface area contributed by atoms with E-state index in [0.717, 1.165) is 55.0 Å². The van der Waals surface area contributed by atoms with Gasteiger partial charge in [-0.25, -0.2) is 9.37 Å². The third-order valence-corrected chi connectivity index (χ3v) is 6.59. The van der Waals surface area contributed by atoms with Crippen LogP contribution in [0.5, 0.6) is 0 Å². The van der Waals surface area contributed by atoms with E-state index in [4.69, 9.17) is 4.98 Å². The Hall–Kier alpha value is -3.67. The normalized spacial score (nSPS) is 14.5. The highest BCUT2D eigenvalue weighted by atomic mass is 19.1. The maximum Gasteiger partial charge on any atom is 0.223 e. The van der Waals surface area contributed by atoms with Crippen LogP contribution in [0.2, 0.25) is 0 Å². The number of rotatable bonds is 6. The number of imidazole rings is 1. The second-order valence-electron chi connectivity index (χ2n) is 9.08. The molecule has 174 valence electrons. The van der Waals surface area contributed by atoms with E-state index < -0.39 is 0 Å². The number of fused-ring (bicyclic) bond motifs is 1. The first-order valence-corrected chi connectivity index (χ1v) is 11.8. The van der Waals surface area contributed by atoms with Crippen LogP contribution in [0.25, 0.3) is 11.0 Å². The fourth-order valence-electron chi connectivity index (χ4n) is 4.73. The largest absolute Gasteiger partial charge is 0.352 e. The van der Waals surface area contributed by atoms with Gasteiger partial charge in [0.05, 0.1) is 17.6 Å². The van der Waals surface area contributed by atoms with Crippen LogP contribution in [0.15, 0.2) is 72.8 Å². The van der Waals surface area contributed by atoms with Gasteiger partial charge in [-0.2, -0.15) is 0 Å². The number of anilines is 1. The Morgan fingerprint density at radius 1 is 1.00 bits per heavy atom. The van der Waals surface area contributed by atoms with E-state index in [1.165, 1.54) is 23.3 Å². The molecule has 0 bridgehead atoms. The minimum Gasteiger partial charge on any atom is -0.352 e. The molecule has 5 nitrogen and oxygen atoms in total. The molecule has 0 atom stereocenters. The Labute approximate surface area is 199 Å². The zero-order valence-corrected chi connectivity index (χ0v) is 19.4. The Bertz CT molecular complexity index is 1290. The van der Waals surface area contributed by atoms with Crippen LogP contribution in [-0.2, 0) is 17.9 Å². The van der Waals surface area contributed by atoms with Crippen LogP contribution in [0.4, 0.5) is 10.3 Å². The molecule has 1 aliphatic heterocycles. The van der Waals surface area contributed by atoms with Gasteiger partial charge in [0.1, 0.15) is 5.82 Å². The van der Waals surface area contributed by atoms with Crippen molar-refractivity contribution >= 4 is 22.9 Å². The van der Waals surface area contributed by atoms with Crippen molar-refractivity contribution in [2.24, 2.45) is 5.92 Å². The van der Waals surface area contributed by atoms with Crippen LogP contribution in [-0.4, -0.2) is 28.5 Å². The maximum atomic E-state index is 13.1. The zero-order valence-electron chi connectivity index (χ0n) is 19.4. The summed E-state index contributed by atoms with van der Waals surface area (Å²) in [5, 5.41) is 3.01. The summed E-state index contributed by atoms with van der Waals surface area (Å²) in [5.41, 5.74) is 5.51. The lowest BCUT2D eigenvalue weighted by atomic mass is 9.96. The first kappa shape index (κ1) is 22.1. The molecule has 0 aliphatic carbocycles. The molecule has 0 radical (unpaired) electrons. The highest BCUT2D eigenvalue weighted by molar-refractivity contribution is 5.80. The summed E-state index contributed by atoms with van der Waals surface area (Å²) in [6, 6.07) is 23.1. The minimum atomic E-state index is -0.268. The van der Waals surface area contributed by atoms with Crippen LogP contribution in [0.1, 0.15) is 29.5 Å². The Balaban J connectivity index is 1.28. The number of piperidine rings is 1. The van der Waals surface area contributed by atoms with Gasteiger partial charge in [0.2, 0.25) is 11.9 Å².